The van der Waals surface area contributed by atoms with E-state index in [0.29, 0.717) is 8.25 Å². The Morgan fingerprint density at radius 1 is 1.38 bits per heavy atom. The third-order valence-corrected chi connectivity index (χ3v) is 3.66. The molecule has 2 N–H and O–H groups in total. The maximum absolute atomic E-state index is 13.9. The number of halogens is 5. The lowest BCUT2D eigenvalue weighted by atomic mass is 10.0. The molecule has 0 radical (unpaired) electrons. The molecule has 0 fully saturated rings. The van der Waals surface area contributed by atoms with Gasteiger partial charge in [-0.3, -0.25) is 4.79 Å². The van der Waals surface area contributed by atoms with E-state index in [9.17, 15) is 22.4 Å². The summed E-state index contributed by atoms with van der Waals surface area (Å²) in [6.45, 7) is 0. The van der Waals surface area contributed by atoms with Gasteiger partial charge in [0.15, 0.2) is 5.69 Å². The molecule has 1 aromatic carbocycles. The fraction of sp³-hybridized carbons (Fsp3) is 0.167. The minimum atomic E-state index is -4.79. The highest BCUT2D eigenvalue weighted by Gasteiger charge is 2.39. The van der Waals surface area contributed by atoms with Crippen molar-refractivity contribution >= 4 is 28.5 Å². The number of carbonyl (C=O) groups excluding carboxylic acids is 1. The summed E-state index contributed by atoms with van der Waals surface area (Å²) < 4.78 is 53.5. The molecule has 9 heteroatoms. The summed E-state index contributed by atoms with van der Waals surface area (Å²) in [4.78, 5) is 11.1. The number of hydrogen-bond donors (Lipinski definition) is 1. The molecule has 0 saturated carbocycles. The summed E-state index contributed by atoms with van der Waals surface area (Å²) in [5.74, 6) is -1.82. The van der Waals surface area contributed by atoms with Gasteiger partial charge in [-0.25, -0.2) is 4.68 Å². The molecular weight excluding hydrogens is 405 g/mol. The molecule has 0 saturated heterocycles. The third kappa shape index (κ3) is 2.87. The summed E-state index contributed by atoms with van der Waals surface area (Å²) in [6, 6.07) is 3.72. The number of aryl methyl sites for hydroxylation is 1. The van der Waals surface area contributed by atoms with Crippen molar-refractivity contribution in [3.63, 3.8) is 0 Å². The molecule has 112 valence electrons. The van der Waals surface area contributed by atoms with Gasteiger partial charge in [0.05, 0.1) is 11.1 Å². The van der Waals surface area contributed by atoms with Crippen molar-refractivity contribution in [2.75, 3.05) is 0 Å². The maximum atomic E-state index is 13.9. The zero-order valence-electron chi connectivity index (χ0n) is 10.5. The Morgan fingerprint density at radius 3 is 2.48 bits per heavy atom. The molecule has 0 spiro atoms. The molecule has 4 nitrogen and oxygen atoms in total. The normalized spacial score (nSPS) is 11.7. The van der Waals surface area contributed by atoms with E-state index >= 15 is 0 Å². The Bertz CT molecular complexity index is 724. The van der Waals surface area contributed by atoms with Gasteiger partial charge in [-0.15, -0.1) is 0 Å². The van der Waals surface area contributed by atoms with Gasteiger partial charge in [0.1, 0.15) is 0 Å². The van der Waals surface area contributed by atoms with Crippen LogP contribution < -0.4 is 5.73 Å². The van der Waals surface area contributed by atoms with Crippen molar-refractivity contribution in [1.29, 1.82) is 0 Å². The molecule has 1 amide bonds. The highest BCUT2D eigenvalue weighted by atomic mass is 127. The number of hydrogen-bond acceptors (Lipinski definition) is 2. The first-order valence-corrected chi connectivity index (χ1v) is 6.60. The Hall–Kier alpha value is -1.65. The van der Waals surface area contributed by atoms with Gasteiger partial charge in [-0.05, 0) is 40.3 Å². The monoisotopic (exact) mass is 413 g/mol. The Balaban J connectivity index is 2.68. The number of alkyl halides is 3. The van der Waals surface area contributed by atoms with E-state index in [2.05, 4.69) is 5.10 Å². The summed E-state index contributed by atoms with van der Waals surface area (Å²) in [5.41, 5.74) is 3.28. The Morgan fingerprint density at radius 2 is 2.00 bits per heavy atom. The molecule has 0 unspecified atom stereocenters. The predicted octanol–water partition coefficient (Wildman–Crippen LogP) is 2.95. The molecule has 21 heavy (non-hydrogen) atoms. The van der Waals surface area contributed by atoms with Crippen molar-refractivity contribution in [3.05, 3.63) is 39.0 Å². The first-order chi connectivity index (χ1) is 9.62. The van der Waals surface area contributed by atoms with E-state index in [1.165, 1.54) is 18.2 Å². The van der Waals surface area contributed by atoms with Crippen LogP contribution in [-0.4, -0.2) is 15.7 Å². The topological polar surface area (TPSA) is 60.9 Å². The smallest absolute Gasteiger partial charge is 0.366 e. The van der Waals surface area contributed by atoms with Crippen LogP contribution in [0.1, 0.15) is 16.1 Å². The van der Waals surface area contributed by atoms with Crippen molar-refractivity contribution in [3.8, 4) is 11.1 Å². The van der Waals surface area contributed by atoms with Crippen molar-refractivity contribution in [1.82, 2.24) is 9.78 Å². The second kappa shape index (κ2) is 5.28. The minimum Gasteiger partial charge on any atom is -0.366 e. The van der Waals surface area contributed by atoms with Crippen LogP contribution in [0.25, 0.3) is 11.1 Å². The lowest BCUT2D eigenvalue weighted by Crippen LogP contribution is -2.13. The zero-order chi connectivity index (χ0) is 15.9. The van der Waals surface area contributed by atoms with Crippen LogP contribution in [-0.2, 0) is 13.2 Å². The molecule has 1 aromatic heterocycles. The predicted molar refractivity (Wildman–Crippen MR) is 74.8 cm³/mol. The van der Waals surface area contributed by atoms with E-state index in [4.69, 9.17) is 5.73 Å². The zero-order valence-corrected chi connectivity index (χ0v) is 12.7. The van der Waals surface area contributed by atoms with Crippen molar-refractivity contribution < 1.29 is 22.4 Å². The quantitative estimate of drug-likeness (QED) is 0.608. The third-order valence-electron chi connectivity index (χ3n) is 2.77. The van der Waals surface area contributed by atoms with Crippen LogP contribution in [0.5, 0.6) is 0 Å². The average molecular weight is 413 g/mol. The average Bonchev–Trinajstić information content (AvgIpc) is 2.65. The number of aromatic nitrogens is 2. The number of amides is 1. The molecule has 0 aliphatic carbocycles. The summed E-state index contributed by atoms with van der Waals surface area (Å²) in [6.07, 6.45) is -4.79. The first kappa shape index (κ1) is 15.7. The van der Waals surface area contributed by atoms with Crippen molar-refractivity contribution in [2.24, 2.45) is 12.8 Å². The summed E-state index contributed by atoms with van der Waals surface area (Å²) in [5, 5.41) is 3.17. The van der Waals surface area contributed by atoms with Crippen LogP contribution in [0.4, 0.5) is 17.6 Å². The van der Waals surface area contributed by atoms with Crippen LogP contribution in [0.15, 0.2) is 18.2 Å². The number of nitrogens with two attached hydrogens (primary N) is 1. The SMILES string of the molecule is Cn1nc(C(F)(F)F)c(-c2ccc(C(N)=O)c(I)c2)c1F. The second-order valence-electron chi connectivity index (χ2n) is 4.19. The molecule has 2 aromatic rings. The molecule has 1 heterocycles. The summed E-state index contributed by atoms with van der Waals surface area (Å²) in [7, 11) is 1.08. The highest BCUT2D eigenvalue weighted by molar-refractivity contribution is 14.1. The van der Waals surface area contributed by atoms with E-state index in [1.807, 2.05) is 0 Å². The second-order valence-corrected chi connectivity index (χ2v) is 5.36. The molecule has 0 aliphatic heterocycles. The molecule has 2 rings (SSSR count). The van der Waals surface area contributed by atoms with Crippen LogP contribution in [0, 0.1) is 9.52 Å². The minimum absolute atomic E-state index is 0.0256. The summed E-state index contributed by atoms with van der Waals surface area (Å²) >= 11 is 1.75. The van der Waals surface area contributed by atoms with Gasteiger partial charge >= 0.3 is 6.18 Å². The van der Waals surface area contributed by atoms with E-state index in [-0.39, 0.29) is 11.1 Å². The molecule has 0 aliphatic rings. The number of carbonyl (C=O) groups is 1. The lowest BCUT2D eigenvalue weighted by Gasteiger charge is -2.08. The van der Waals surface area contributed by atoms with E-state index in [1.54, 1.807) is 22.6 Å². The fourth-order valence-electron chi connectivity index (χ4n) is 1.83. The Labute approximate surface area is 130 Å². The molecular formula is C12H8F4IN3O. The van der Waals surface area contributed by atoms with Gasteiger partial charge in [-0.2, -0.15) is 22.7 Å². The van der Waals surface area contributed by atoms with Gasteiger partial charge in [0.2, 0.25) is 11.9 Å². The van der Waals surface area contributed by atoms with Gasteiger partial charge in [-0.1, -0.05) is 6.07 Å². The highest BCUT2D eigenvalue weighted by Crippen LogP contribution is 2.38. The van der Waals surface area contributed by atoms with Gasteiger partial charge in [0, 0.05) is 10.6 Å². The first-order valence-electron chi connectivity index (χ1n) is 5.52. The number of benzene rings is 1. The van der Waals surface area contributed by atoms with E-state index < -0.39 is 29.3 Å². The molecule has 0 atom stereocenters. The van der Waals surface area contributed by atoms with Crippen molar-refractivity contribution in [2.45, 2.75) is 6.18 Å². The van der Waals surface area contributed by atoms with E-state index in [0.717, 1.165) is 7.05 Å². The van der Waals surface area contributed by atoms with Crippen LogP contribution in [0.3, 0.4) is 0 Å². The van der Waals surface area contributed by atoms with Gasteiger partial charge < -0.3 is 5.73 Å². The number of nitrogens with zero attached hydrogens (tertiary/aromatic N) is 2. The lowest BCUT2D eigenvalue weighted by molar-refractivity contribution is -0.141. The standard InChI is InChI=1S/C12H8F4IN3O/c1-20-10(13)8(9(19-20)12(14,15)16)5-2-3-6(11(18)21)7(17)4-5/h2-4H,1H3,(H2,18,21). The molecule has 0 bridgehead atoms. The maximum Gasteiger partial charge on any atom is 0.435 e. The van der Waals surface area contributed by atoms with Crippen LogP contribution in [0.2, 0.25) is 0 Å². The Kier molecular flexibility index (Phi) is 3.95. The van der Waals surface area contributed by atoms with Gasteiger partial charge in [0.25, 0.3) is 0 Å². The van der Waals surface area contributed by atoms with Crippen LogP contribution >= 0.6 is 22.6 Å². The largest absolute Gasteiger partial charge is 0.435 e. The number of rotatable bonds is 2. The number of primary amides is 1. The fourth-order valence-corrected chi connectivity index (χ4v) is 2.61.